The second-order valence-corrected chi connectivity index (χ2v) is 4.70. The van der Waals surface area contributed by atoms with Gasteiger partial charge in [0.25, 0.3) is 0 Å². The monoisotopic (exact) mass is 260 g/mol. The number of ether oxygens (including phenoxy) is 1. The van der Waals surface area contributed by atoms with E-state index in [1.54, 1.807) is 6.26 Å². The molecular formula is C15H20N2O2. The van der Waals surface area contributed by atoms with E-state index in [4.69, 9.17) is 9.15 Å². The summed E-state index contributed by atoms with van der Waals surface area (Å²) in [6, 6.07) is 8.33. The highest BCUT2D eigenvalue weighted by atomic mass is 16.6. The van der Waals surface area contributed by atoms with Crippen molar-refractivity contribution in [2.75, 3.05) is 0 Å². The van der Waals surface area contributed by atoms with E-state index in [1.165, 1.54) is 0 Å². The van der Waals surface area contributed by atoms with Crippen LogP contribution in [-0.4, -0.2) is 11.0 Å². The fourth-order valence-electron chi connectivity index (χ4n) is 1.71. The summed E-state index contributed by atoms with van der Waals surface area (Å²) in [5.74, 6) is 0.801. The summed E-state index contributed by atoms with van der Waals surface area (Å²) in [7, 11) is 0. The summed E-state index contributed by atoms with van der Waals surface area (Å²) >= 11 is 0. The fraction of sp³-hybridized carbons (Fsp3) is 0.400. The van der Waals surface area contributed by atoms with E-state index in [2.05, 4.69) is 31.1 Å². The van der Waals surface area contributed by atoms with Crippen molar-refractivity contribution in [3.63, 3.8) is 0 Å². The number of oxazole rings is 1. The SMILES string of the molecule is CCc1ccccc1Oc1nc(CNC(C)C)co1. The van der Waals surface area contributed by atoms with Crippen LogP contribution < -0.4 is 10.1 Å². The number of aromatic nitrogens is 1. The lowest BCUT2D eigenvalue weighted by Crippen LogP contribution is -2.21. The number of benzene rings is 1. The van der Waals surface area contributed by atoms with Gasteiger partial charge in [-0.1, -0.05) is 39.0 Å². The van der Waals surface area contributed by atoms with Crippen LogP contribution in [0.2, 0.25) is 0 Å². The topological polar surface area (TPSA) is 47.3 Å². The van der Waals surface area contributed by atoms with E-state index >= 15 is 0 Å². The molecule has 102 valence electrons. The van der Waals surface area contributed by atoms with Crippen LogP contribution in [0.15, 0.2) is 34.9 Å². The van der Waals surface area contributed by atoms with E-state index in [0.29, 0.717) is 18.7 Å². The van der Waals surface area contributed by atoms with Gasteiger partial charge in [-0.15, -0.1) is 0 Å². The molecule has 2 aromatic rings. The third-order valence-corrected chi connectivity index (χ3v) is 2.77. The van der Waals surface area contributed by atoms with Crippen LogP contribution in [0.25, 0.3) is 0 Å². The van der Waals surface area contributed by atoms with Gasteiger partial charge >= 0.3 is 6.08 Å². The molecule has 0 unspecified atom stereocenters. The number of aryl methyl sites for hydroxylation is 1. The Morgan fingerprint density at radius 1 is 1.32 bits per heavy atom. The van der Waals surface area contributed by atoms with Crippen molar-refractivity contribution in [2.45, 2.75) is 39.8 Å². The third-order valence-electron chi connectivity index (χ3n) is 2.77. The van der Waals surface area contributed by atoms with E-state index < -0.39 is 0 Å². The minimum Gasteiger partial charge on any atom is -0.417 e. The molecule has 0 saturated heterocycles. The van der Waals surface area contributed by atoms with Crippen LogP contribution in [0.1, 0.15) is 32.0 Å². The van der Waals surface area contributed by atoms with Gasteiger partial charge in [-0.3, -0.25) is 0 Å². The van der Waals surface area contributed by atoms with E-state index in [1.807, 2.05) is 24.3 Å². The Hall–Kier alpha value is -1.81. The van der Waals surface area contributed by atoms with Gasteiger partial charge in [-0.25, -0.2) is 0 Å². The van der Waals surface area contributed by atoms with Crippen molar-refractivity contribution >= 4 is 0 Å². The molecule has 4 heteroatoms. The van der Waals surface area contributed by atoms with Crippen LogP contribution in [0.4, 0.5) is 0 Å². The Morgan fingerprint density at radius 2 is 2.11 bits per heavy atom. The van der Waals surface area contributed by atoms with Crippen LogP contribution in [0, 0.1) is 0 Å². The average molecular weight is 260 g/mol. The van der Waals surface area contributed by atoms with Crippen LogP contribution in [0.5, 0.6) is 11.8 Å². The first kappa shape index (κ1) is 13.6. The Labute approximate surface area is 113 Å². The predicted octanol–water partition coefficient (Wildman–Crippen LogP) is 3.53. The number of para-hydroxylation sites is 1. The maximum Gasteiger partial charge on any atom is 0.399 e. The molecule has 0 fully saturated rings. The van der Waals surface area contributed by atoms with E-state index in [-0.39, 0.29) is 0 Å². The second-order valence-electron chi connectivity index (χ2n) is 4.70. The summed E-state index contributed by atoms with van der Waals surface area (Å²) in [5.41, 5.74) is 1.99. The van der Waals surface area contributed by atoms with Crippen molar-refractivity contribution in [1.29, 1.82) is 0 Å². The van der Waals surface area contributed by atoms with Crippen molar-refractivity contribution in [3.8, 4) is 11.8 Å². The highest BCUT2D eigenvalue weighted by Gasteiger charge is 2.08. The molecule has 0 aliphatic rings. The maximum absolute atomic E-state index is 5.68. The summed E-state index contributed by atoms with van der Waals surface area (Å²) in [4.78, 5) is 4.30. The largest absolute Gasteiger partial charge is 0.417 e. The lowest BCUT2D eigenvalue weighted by atomic mass is 10.1. The van der Waals surface area contributed by atoms with E-state index in [0.717, 1.165) is 23.4 Å². The number of hydrogen-bond donors (Lipinski definition) is 1. The Bertz CT molecular complexity index is 520. The van der Waals surface area contributed by atoms with Crippen molar-refractivity contribution in [2.24, 2.45) is 0 Å². The highest BCUT2D eigenvalue weighted by molar-refractivity contribution is 5.34. The normalized spacial score (nSPS) is 10.9. The third kappa shape index (κ3) is 3.83. The zero-order chi connectivity index (χ0) is 13.7. The van der Waals surface area contributed by atoms with E-state index in [9.17, 15) is 0 Å². The number of nitrogens with zero attached hydrogens (tertiary/aromatic N) is 1. The molecule has 0 amide bonds. The zero-order valence-electron chi connectivity index (χ0n) is 11.6. The molecule has 1 heterocycles. The molecule has 1 N–H and O–H groups in total. The Balaban J connectivity index is 2.03. The first-order valence-corrected chi connectivity index (χ1v) is 6.62. The highest BCUT2D eigenvalue weighted by Crippen LogP contribution is 2.24. The molecule has 4 nitrogen and oxygen atoms in total. The molecular weight excluding hydrogens is 240 g/mol. The summed E-state index contributed by atoms with van der Waals surface area (Å²) in [5, 5.41) is 3.28. The fourth-order valence-corrected chi connectivity index (χ4v) is 1.71. The quantitative estimate of drug-likeness (QED) is 0.863. The van der Waals surface area contributed by atoms with Gasteiger partial charge in [0.2, 0.25) is 0 Å². The minimum atomic E-state index is 0.293. The molecule has 0 atom stereocenters. The Morgan fingerprint density at radius 3 is 2.84 bits per heavy atom. The first-order valence-electron chi connectivity index (χ1n) is 6.62. The van der Waals surface area contributed by atoms with Crippen LogP contribution in [0.3, 0.4) is 0 Å². The molecule has 2 rings (SSSR count). The van der Waals surface area contributed by atoms with Gasteiger partial charge in [-0.2, -0.15) is 4.98 Å². The van der Waals surface area contributed by atoms with Gasteiger partial charge in [0.1, 0.15) is 12.0 Å². The van der Waals surface area contributed by atoms with Gasteiger partial charge < -0.3 is 14.5 Å². The van der Waals surface area contributed by atoms with Crippen molar-refractivity contribution < 1.29 is 9.15 Å². The Kier molecular flexibility index (Phi) is 4.58. The van der Waals surface area contributed by atoms with Crippen molar-refractivity contribution in [1.82, 2.24) is 10.3 Å². The molecule has 1 aromatic carbocycles. The molecule has 0 aliphatic heterocycles. The van der Waals surface area contributed by atoms with Gasteiger partial charge in [0, 0.05) is 12.6 Å². The number of hydrogen-bond acceptors (Lipinski definition) is 4. The first-order chi connectivity index (χ1) is 9.19. The van der Waals surface area contributed by atoms with Gasteiger partial charge in [0.05, 0.1) is 5.69 Å². The molecule has 0 radical (unpaired) electrons. The van der Waals surface area contributed by atoms with Gasteiger partial charge in [0.15, 0.2) is 0 Å². The predicted molar refractivity (Wildman–Crippen MR) is 74.4 cm³/mol. The molecule has 19 heavy (non-hydrogen) atoms. The average Bonchev–Trinajstić information content (AvgIpc) is 2.85. The molecule has 0 bridgehead atoms. The molecule has 0 aliphatic carbocycles. The van der Waals surface area contributed by atoms with Crippen molar-refractivity contribution in [3.05, 3.63) is 41.8 Å². The van der Waals surface area contributed by atoms with Crippen LogP contribution in [-0.2, 0) is 13.0 Å². The lowest BCUT2D eigenvalue weighted by molar-refractivity contribution is 0.328. The maximum atomic E-state index is 5.68. The molecule has 1 aromatic heterocycles. The smallest absolute Gasteiger partial charge is 0.399 e. The number of rotatable bonds is 6. The second kappa shape index (κ2) is 6.38. The van der Waals surface area contributed by atoms with Gasteiger partial charge in [-0.05, 0) is 18.1 Å². The lowest BCUT2D eigenvalue weighted by Gasteiger charge is -2.06. The summed E-state index contributed by atoms with van der Waals surface area (Å²) in [6.45, 7) is 6.96. The zero-order valence-corrected chi connectivity index (χ0v) is 11.6. The summed E-state index contributed by atoms with van der Waals surface area (Å²) < 4.78 is 11.0. The minimum absolute atomic E-state index is 0.293. The molecule has 0 spiro atoms. The summed E-state index contributed by atoms with van der Waals surface area (Å²) in [6.07, 6.45) is 2.83. The number of nitrogens with one attached hydrogen (secondary N) is 1. The molecule has 0 saturated carbocycles. The standard InChI is InChI=1S/C15H20N2O2/c1-4-12-7-5-6-8-14(12)19-15-17-13(10-18-15)9-16-11(2)3/h5-8,10-11,16H,4,9H2,1-3H3. The van der Waals surface area contributed by atoms with Crippen LogP contribution >= 0.6 is 0 Å².